The predicted molar refractivity (Wildman–Crippen MR) is 129 cm³/mol. The molecule has 2 aromatic carbocycles. The molecule has 0 fully saturated rings. The van der Waals surface area contributed by atoms with E-state index in [9.17, 15) is 0 Å². The van der Waals surface area contributed by atoms with Crippen LogP contribution < -0.4 is 10.6 Å². The Morgan fingerprint density at radius 2 is 1.71 bits per heavy atom. The van der Waals surface area contributed by atoms with Crippen molar-refractivity contribution in [3.8, 4) is 0 Å². The van der Waals surface area contributed by atoms with Crippen LogP contribution in [0.3, 0.4) is 0 Å². The summed E-state index contributed by atoms with van der Waals surface area (Å²) in [6.07, 6.45) is 3.97. The number of benzene rings is 2. The topological polar surface area (TPSA) is 54.2 Å². The molecule has 3 aromatic rings. The Labute approximate surface area is 188 Å². The maximum absolute atomic E-state index is 4.44. The standard InChI is InChI=1S/C21H25N5S.HI/c1-22-21(23-12-13-27-20-10-6-3-7-11-20)24-14-19-15-25-26(17-19)16-18-8-4-2-5-9-18;/h2-11,15,17H,12-14,16H2,1H3,(H2,22,23,24);1H. The third-order valence-corrected chi connectivity index (χ3v) is 4.98. The van der Waals surface area contributed by atoms with E-state index in [-0.39, 0.29) is 24.0 Å². The third-order valence-electron chi connectivity index (χ3n) is 3.96. The molecule has 5 nitrogen and oxygen atoms in total. The largest absolute Gasteiger partial charge is 0.356 e. The first-order chi connectivity index (χ1) is 13.3. The lowest BCUT2D eigenvalue weighted by Gasteiger charge is -2.11. The highest BCUT2D eigenvalue weighted by Gasteiger charge is 2.02. The van der Waals surface area contributed by atoms with E-state index < -0.39 is 0 Å². The number of nitrogens with zero attached hydrogens (tertiary/aromatic N) is 3. The molecule has 2 N–H and O–H groups in total. The molecule has 0 saturated carbocycles. The van der Waals surface area contributed by atoms with Gasteiger partial charge in [-0.1, -0.05) is 48.5 Å². The maximum atomic E-state index is 4.44. The molecule has 3 rings (SSSR count). The van der Waals surface area contributed by atoms with Gasteiger partial charge in [-0.25, -0.2) is 0 Å². The minimum absolute atomic E-state index is 0. The summed E-state index contributed by atoms with van der Waals surface area (Å²) >= 11 is 1.83. The summed E-state index contributed by atoms with van der Waals surface area (Å²) < 4.78 is 1.96. The Morgan fingerprint density at radius 3 is 2.43 bits per heavy atom. The normalized spacial score (nSPS) is 11.0. The molecule has 0 radical (unpaired) electrons. The second-order valence-corrected chi connectivity index (χ2v) is 7.21. The summed E-state index contributed by atoms with van der Waals surface area (Å²) in [5, 5.41) is 11.1. The van der Waals surface area contributed by atoms with Gasteiger partial charge < -0.3 is 10.6 Å². The fourth-order valence-electron chi connectivity index (χ4n) is 2.62. The number of aromatic nitrogens is 2. The second kappa shape index (κ2) is 12.5. The van der Waals surface area contributed by atoms with E-state index in [4.69, 9.17) is 0 Å². The van der Waals surface area contributed by atoms with Crippen LogP contribution in [-0.2, 0) is 13.1 Å². The minimum atomic E-state index is 0. The Bertz CT molecular complexity index is 836. The molecule has 0 atom stereocenters. The first-order valence-electron chi connectivity index (χ1n) is 9.01. The molecule has 0 spiro atoms. The van der Waals surface area contributed by atoms with Gasteiger partial charge in [-0.05, 0) is 17.7 Å². The van der Waals surface area contributed by atoms with E-state index in [2.05, 4.69) is 63.3 Å². The number of halogens is 1. The average Bonchev–Trinajstić information content (AvgIpc) is 3.16. The number of hydrogen-bond donors (Lipinski definition) is 2. The van der Waals surface area contributed by atoms with Crippen molar-refractivity contribution < 1.29 is 0 Å². The molecule has 1 heterocycles. The van der Waals surface area contributed by atoms with Crippen LogP contribution in [0.4, 0.5) is 0 Å². The van der Waals surface area contributed by atoms with Crippen molar-refractivity contribution in [2.75, 3.05) is 19.3 Å². The van der Waals surface area contributed by atoms with Crippen LogP contribution in [0.2, 0.25) is 0 Å². The number of thioether (sulfide) groups is 1. The van der Waals surface area contributed by atoms with Gasteiger partial charge in [0.1, 0.15) is 0 Å². The van der Waals surface area contributed by atoms with Crippen LogP contribution >= 0.6 is 35.7 Å². The summed E-state index contributed by atoms with van der Waals surface area (Å²) in [4.78, 5) is 5.57. The molecule has 148 valence electrons. The van der Waals surface area contributed by atoms with E-state index in [1.807, 2.05) is 46.9 Å². The van der Waals surface area contributed by atoms with Crippen molar-refractivity contribution in [2.24, 2.45) is 4.99 Å². The van der Waals surface area contributed by atoms with Gasteiger partial charge in [0, 0.05) is 42.5 Å². The number of nitrogens with one attached hydrogen (secondary N) is 2. The lowest BCUT2D eigenvalue weighted by Crippen LogP contribution is -2.37. The Balaban J connectivity index is 0.00000280. The maximum Gasteiger partial charge on any atom is 0.191 e. The van der Waals surface area contributed by atoms with Gasteiger partial charge >= 0.3 is 0 Å². The molecule has 0 aliphatic heterocycles. The first-order valence-corrected chi connectivity index (χ1v) is 9.99. The second-order valence-electron chi connectivity index (χ2n) is 6.05. The molecular weight excluding hydrogens is 481 g/mol. The van der Waals surface area contributed by atoms with Gasteiger partial charge in [0.05, 0.1) is 12.7 Å². The zero-order chi connectivity index (χ0) is 18.7. The van der Waals surface area contributed by atoms with Gasteiger partial charge in [-0.2, -0.15) is 5.10 Å². The average molecular weight is 507 g/mol. The fraction of sp³-hybridized carbons (Fsp3) is 0.238. The van der Waals surface area contributed by atoms with Crippen LogP contribution in [0.5, 0.6) is 0 Å². The first kappa shape index (κ1) is 22.3. The molecule has 7 heteroatoms. The highest BCUT2D eigenvalue weighted by molar-refractivity contribution is 14.0. The molecule has 0 unspecified atom stereocenters. The zero-order valence-corrected chi connectivity index (χ0v) is 19.1. The van der Waals surface area contributed by atoms with Gasteiger partial charge in [0.2, 0.25) is 0 Å². The Hall–Kier alpha value is -2.00. The van der Waals surface area contributed by atoms with E-state index in [0.717, 1.165) is 30.4 Å². The lowest BCUT2D eigenvalue weighted by atomic mass is 10.2. The van der Waals surface area contributed by atoms with E-state index >= 15 is 0 Å². The highest BCUT2D eigenvalue weighted by atomic mass is 127. The van der Waals surface area contributed by atoms with Crippen LogP contribution in [0.1, 0.15) is 11.1 Å². The van der Waals surface area contributed by atoms with Crippen molar-refractivity contribution in [2.45, 2.75) is 18.0 Å². The van der Waals surface area contributed by atoms with Crippen LogP contribution in [0.15, 0.2) is 82.9 Å². The van der Waals surface area contributed by atoms with E-state index in [1.165, 1.54) is 10.5 Å². The van der Waals surface area contributed by atoms with Gasteiger partial charge in [0.25, 0.3) is 0 Å². The Morgan fingerprint density at radius 1 is 1.00 bits per heavy atom. The van der Waals surface area contributed by atoms with Gasteiger partial charge in [0.15, 0.2) is 5.96 Å². The van der Waals surface area contributed by atoms with Crippen LogP contribution in [-0.4, -0.2) is 35.1 Å². The summed E-state index contributed by atoms with van der Waals surface area (Å²) in [7, 11) is 1.79. The van der Waals surface area contributed by atoms with E-state index in [1.54, 1.807) is 7.05 Å². The van der Waals surface area contributed by atoms with Crippen molar-refractivity contribution in [3.05, 3.63) is 84.2 Å². The summed E-state index contributed by atoms with van der Waals surface area (Å²) in [5.74, 6) is 1.79. The molecule has 28 heavy (non-hydrogen) atoms. The number of guanidine groups is 1. The van der Waals surface area contributed by atoms with Crippen molar-refractivity contribution in [3.63, 3.8) is 0 Å². The smallest absolute Gasteiger partial charge is 0.191 e. The molecular formula is C21H26IN5S. The van der Waals surface area contributed by atoms with E-state index in [0.29, 0.717) is 6.54 Å². The molecule has 1 aromatic heterocycles. The summed E-state index contributed by atoms with van der Waals surface area (Å²) in [6, 6.07) is 20.8. The molecule has 0 amide bonds. The predicted octanol–water partition coefficient (Wildman–Crippen LogP) is 4.01. The number of rotatable bonds is 8. The molecule has 0 saturated heterocycles. The van der Waals surface area contributed by atoms with Gasteiger partial charge in [-0.3, -0.25) is 9.67 Å². The Kier molecular flexibility index (Phi) is 9.92. The van der Waals surface area contributed by atoms with Crippen molar-refractivity contribution in [1.29, 1.82) is 0 Å². The quantitative estimate of drug-likeness (QED) is 0.159. The fourth-order valence-corrected chi connectivity index (χ4v) is 3.41. The summed E-state index contributed by atoms with van der Waals surface area (Å²) in [5.41, 5.74) is 2.38. The van der Waals surface area contributed by atoms with Crippen molar-refractivity contribution >= 4 is 41.7 Å². The molecule has 0 aliphatic rings. The highest BCUT2D eigenvalue weighted by Crippen LogP contribution is 2.15. The van der Waals surface area contributed by atoms with Crippen molar-refractivity contribution in [1.82, 2.24) is 20.4 Å². The monoisotopic (exact) mass is 507 g/mol. The number of aliphatic imine (C=N–C) groups is 1. The van der Waals surface area contributed by atoms with Gasteiger partial charge in [-0.15, -0.1) is 35.7 Å². The lowest BCUT2D eigenvalue weighted by molar-refractivity contribution is 0.685. The van der Waals surface area contributed by atoms with Crippen LogP contribution in [0.25, 0.3) is 0 Å². The third kappa shape index (κ3) is 7.55. The molecule has 0 aliphatic carbocycles. The minimum Gasteiger partial charge on any atom is -0.356 e. The zero-order valence-electron chi connectivity index (χ0n) is 15.9. The number of hydrogen-bond acceptors (Lipinski definition) is 3. The molecule has 0 bridgehead atoms. The summed E-state index contributed by atoms with van der Waals surface area (Å²) in [6.45, 7) is 2.33. The van der Waals surface area contributed by atoms with Crippen LogP contribution in [0, 0.1) is 0 Å². The SMILES string of the molecule is CN=C(NCCSc1ccccc1)NCc1cnn(Cc2ccccc2)c1.I.